The predicted molar refractivity (Wildman–Crippen MR) is 40.9 cm³/mol. The molecule has 0 spiro atoms. The Morgan fingerprint density at radius 1 is 1.08 bits per heavy atom. The summed E-state index contributed by atoms with van der Waals surface area (Å²) in [5.74, 6) is 0. The van der Waals surface area contributed by atoms with Gasteiger partial charge < -0.3 is 10.2 Å². The largest absolute Gasteiger partial charge is 0.394 e. The highest BCUT2D eigenvalue weighted by Crippen LogP contribution is 2.26. The third-order valence-electron chi connectivity index (χ3n) is 1.46. The summed E-state index contributed by atoms with van der Waals surface area (Å²) in [7, 11) is 0. The summed E-state index contributed by atoms with van der Waals surface area (Å²) in [6, 6.07) is 0.308. The van der Waals surface area contributed by atoms with Crippen LogP contribution >= 0.6 is 0 Å². The Hall–Kier alpha value is -0.200. The molecular formula is C7H15NO4. The van der Waals surface area contributed by atoms with E-state index in [4.69, 9.17) is 19.9 Å². The lowest BCUT2D eigenvalue weighted by atomic mass is 10.7. The molecule has 1 aliphatic rings. The van der Waals surface area contributed by atoms with E-state index >= 15 is 0 Å². The van der Waals surface area contributed by atoms with E-state index in [-0.39, 0.29) is 26.4 Å². The third-order valence-corrected chi connectivity index (χ3v) is 1.46. The van der Waals surface area contributed by atoms with Crippen molar-refractivity contribution in [2.24, 2.45) is 0 Å². The fourth-order valence-electron chi connectivity index (χ4n) is 0.795. The van der Waals surface area contributed by atoms with E-state index in [0.29, 0.717) is 6.04 Å². The van der Waals surface area contributed by atoms with Gasteiger partial charge in [-0.1, -0.05) is 5.23 Å². The average molecular weight is 177 g/mol. The van der Waals surface area contributed by atoms with Crippen LogP contribution in [-0.4, -0.2) is 47.9 Å². The van der Waals surface area contributed by atoms with Gasteiger partial charge in [0, 0.05) is 0 Å². The number of rotatable bonds is 7. The molecule has 0 unspecified atom stereocenters. The van der Waals surface area contributed by atoms with Crippen LogP contribution in [0.3, 0.4) is 0 Å². The van der Waals surface area contributed by atoms with E-state index in [9.17, 15) is 0 Å². The van der Waals surface area contributed by atoms with Crippen molar-refractivity contribution < 1.29 is 19.9 Å². The summed E-state index contributed by atoms with van der Waals surface area (Å²) in [5.41, 5.74) is 0. The second-order valence-electron chi connectivity index (χ2n) is 2.63. The van der Waals surface area contributed by atoms with Gasteiger partial charge in [0.25, 0.3) is 0 Å². The molecule has 0 aliphatic heterocycles. The quantitative estimate of drug-likeness (QED) is 0.503. The lowest BCUT2D eigenvalue weighted by molar-refractivity contribution is -0.377. The zero-order valence-electron chi connectivity index (χ0n) is 6.98. The molecule has 0 aromatic heterocycles. The summed E-state index contributed by atoms with van der Waals surface area (Å²) >= 11 is 0. The molecule has 1 rings (SSSR count). The van der Waals surface area contributed by atoms with Gasteiger partial charge in [-0.05, 0) is 12.8 Å². The molecule has 0 saturated heterocycles. The van der Waals surface area contributed by atoms with Crippen molar-refractivity contribution in [2.45, 2.75) is 18.9 Å². The van der Waals surface area contributed by atoms with E-state index in [2.05, 4.69) is 0 Å². The first-order valence-electron chi connectivity index (χ1n) is 4.15. The van der Waals surface area contributed by atoms with Crippen molar-refractivity contribution in [2.75, 3.05) is 26.4 Å². The number of aliphatic hydroxyl groups excluding tert-OH is 2. The second-order valence-corrected chi connectivity index (χ2v) is 2.63. The molecule has 72 valence electrons. The molecule has 1 saturated carbocycles. The maximum atomic E-state index is 8.49. The number of hydrogen-bond acceptors (Lipinski definition) is 5. The standard InChI is InChI=1S/C7H15NO4/c9-3-5-11-8(7-1-2-7)12-6-4-10/h7,9-10H,1-6H2. The minimum Gasteiger partial charge on any atom is -0.394 e. The lowest BCUT2D eigenvalue weighted by Crippen LogP contribution is -2.29. The first kappa shape index (κ1) is 9.88. The Balaban J connectivity index is 2.09. The van der Waals surface area contributed by atoms with Gasteiger partial charge in [0.2, 0.25) is 0 Å². The maximum Gasteiger partial charge on any atom is 0.0942 e. The highest BCUT2D eigenvalue weighted by atomic mass is 17.0. The number of nitrogens with zero attached hydrogens (tertiary/aromatic N) is 1. The SMILES string of the molecule is OCCON(OCCO)C1CC1. The monoisotopic (exact) mass is 177 g/mol. The third kappa shape index (κ3) is 3.46. The van der Waals surface area contributed by atoms with Gasteiger partial charge in [-0.2, -0.15) is 0 Å². The summed E-state index contributed by atoms with van der Waals surface area (Å²) in [6.45, 7) is 0.432. The summed E-state index contributed by atoms with van der Waals surface area (Å²) in [6.07, 6.45) is 2.10. The molecule has 5 nitrogen and oxygen atoms in total. The molecule has 0 radical (unpaired) electrons. The first-order valence-corrected chi connectivity index (χ1v) is 4.15. The van der Waals surface area contributed by atoms with E-state index in [1.807, 2.05) is 0 Å². The van der Waals surface area contributed by atoms with E-state index in [0.717, 1.165) is 12.8 Å². The molecule has 12 heavy (non-hydrogen) atoms. The maximum absolute atomic E-state index is 8.49. The van der Waals surface area contributed by atoms with Crippen LogP contribution in [0.25, 0.3) is 0 Å². The fraction of sp³-hybridized carbons (Fsp3) is 1.00. The van der Waals surface area contributed by atoms with E-state index in [1.54, 1.807) is 0 Å². The normalized spacial score (nSPS) is 17.2. The average Bonchev–Trinajstić information content (AvgIpc) is 2.88. The number of hydrogen-bond donors (Lipinski definition) is 2. The van der Waals surface area contributed by atoms with E-state index < -0.39 is 0 Å². The molecule has 0 aromatic rings. The van der Waals surface area contributed by atoms with Crippen LogP contribution in [0.4, 0.5) is 0 Å². The van der Waals surface area contributed by atoms with Gasteiger partial charge in [0.1, 0.15) is 0 Å². The van der Waals surface area contributed by atoms with Gasteiger partial charge in [0.05, 0.1) is 32.5 Å². The topological polar surface area (TPSA) is 62.2 Å². The van der Waals surface area contributed by atoms with Gasteiger partial charge in [-0.25, -0.2) is 0 Å². The molecule has 1 fully saturated rings. The van der Waals surface area contributed by atoms with Crippen molar-refractivity contribution in [3.8, 4) is 0 Å². The molecule has 0 bridgehead atoms. The summed E-state index contributed by atoms with van der Waals surface area (Å²) < 4.78 is 0. The van der Waals surface area contributed by atoms with Crippen LogP contribution in [0, 0.1) is 0 Å². The molecule has 1 aliphatic carbocycles. The Morgan fingerprint density at radius 3 is 1.92 bits per heavy atom. The Morgan fingerprint density at radius 2 is 1.58 bits per heavy atom. The zero-order chi connectivity index (χ0) is 8.81. The minimum atomic E-state index is -0.0221. The Bertz CT molecular complexity index is 110. The smallest absolute Gasteiger partial charge is 0.0942 e. The van der Waals surface area contributed by atoms with E-state index in [1.165, 1.54) is 5.23 Å². The lowest BCUT2D eigenvalue weighted by Gasteiger charge is -2.19. The van der Waals surface area contributed by atoms with Gasteiger partial charge >= 0.3 is 0 Å². The van der Waals surface area contributed by atoms with Crippen LogP contribution in [0.2, 0.25) is 0 Å². The van der Waals surface area contributed by atoms with Gasteiger partial charge in [-0.15, -0.1) is 0 Å². The van der Waals surface area contributed by atoms with Crippen LogP contribution in [0.5, 0.6) is 0 Å². The molecule has 2 N–H and O–H groups in total. The second kappa shape index (κ2) is 5.45. The van der Waals surface area contributed by atoms with Crippen molar-refractivity contribution >= 4 is 0 Å². The van der Waals surface area contributed by atoms with Crippen molar-refractivity contribution in [1.82, 2.24) is 5.23 Å². The minimum absolute atomic E-state index is 0.0221. The van der Waals surface area contributed by atoms with Crippen LogP contribution < -0.4 is 0 Å². The van der Waals surface area contributed by atoms with Gasteiger partial charge in [0.15, 0.2) is 0 Å². The summed E-state index contributed by atoms with van der Waals surface area (Å²) in [4.78, 5) is 10.1. The Kier molecular flexibility index (Phi) is 4.49. The van der Waals surface area contributed by atoms with Crippen LogP contribution in [-0.2, 0) is 9.68 Å². The zero-order valence-corrected chi connectivity index (χ0v) is 6.98. The summed E-state index contributed by atoms with van der Waals surface area (Å²) in [5, 5.41) is 18.4. The number of hydroxylamine groups is 2. The van der Waals surface area contributed by atoms with Crippen LogP contribution in [0.15, 0.2) is 0 Å². The fourth-order valence-corrected chi connectivity index (χ4v) is 0.795. The molecular weight excluding hydrogens is 162 g/mol. The molecule has 0 atom stereocenters. The van der Waals surface area contributed by atoms with Crippen LogP contribution in [0.1, 0.15) is 12.8 Å². The highest BCUT2D eigenvalue weighted by Gasteiger charge is 2.31. The van der Waals surface area contributed by atoms with Crippen molar-refractivity contribution in [3.05, 3.63) is 0 Å². The molecule has 5 heteroatoms. The molecule has 0 aromatic carbocycles. The van der Waals surface area contributed by atoms with Gasteiger partial charge in [-0.3, -0.25) is 9.68 Å². The number of aliphatic hydroxyl groups is 2. The van der Waals surface area contributed by atoms with Crippen molar-refractivity contribution in [1.29, 1.82) is 0 Å². The van der Waals surface area contributed by atoms with Crippen molar-refractivity contribution in [3.63, 3.8) is 0 Å². The predicted octanol–water partition coefficient (Wildman–Crippen LogP) is -0.701. The highest BCUT2D eigenvalue weighted by molar-refractivity contribution is 4.76. The Labute approximate surface area is 71.4 Å². The first-order chi connectivity index (χ1) is 5.88. The molecule has 0 heterocycles. The molecule has 0 amide bonds.